The predicted molar refractivity (Wildman–Crippen MR) is 68.5 cm³/mol. The molecular formula is C12H14N2O6. The highest BCUT2D eigenvalue weighted by Crippen LogP contribution is 2.17. The molecule has 0 heterocycles. The number of hydrogen-bond acceptors (Lipinski definition) is 5. The van der Waals surface area contributed by atoms with Gasteiger partial charge in [-0.3, -0.25) is 19.7 Å². The number of non-ortho nitro benzene ring substituents is 1. The second-order valence-corrected chi connectivity index (χ2v) is 4.00. The van der Waals surface area contributed by atoms with Gasteiger partial charge in [0.05, 0.1) is 11.3 Å². The molecule has 0 unspecified atom stereocenters. The fourth-order valence-corrected chi connectivity index (χ4v) is 1.31. The standard InChI is InChI=1S/C12H14N2O6/c1-13(7-6-12(16)17)11(15)8-20-10-4-2-9(3-5-10)14(18)19/h2-5H,6-8H2,1H3,(H,16,17). The molecule has 8 heteroatoms. The lowest BCUT2D eigenvalue weighted by Gasteiger charge is -2.16. The summed E-state index contributed by atoms with van der Waals surface area (Å²) in [4.78, 5) is 33.1. The van der Waals surface area contributed by atoms with Gasteiger partial charge in [0.25, 0.3) is 11.6 Å². The van der Waals surface area contributed by atoms with Crippen molar-refractivity contribution in [2.24, 2.45) is 0 Å². The average molecular weight is 282 g/mol. The van der Waals surface area contributed by atoms with Crippen molar-refractivity contribution in [2.75, 3.05) is 20.2 Å². The van der Waals surface area contributed by atoms with Crippen LogP contribution in [-0.4, -0.2) is 47.0 Å². The first-order chi connectivity index (χ1) is 9.40. The molecule has 1 aromatic rings. The van der Waals surface area contributed by atoms with Crippen LogP contribution >= 0.6 is 0 Å². The number of carboxylic acid groups (broad SMARTS) is 1. The number of nitro groups is 1. The summed E-state index contributed by atoms with van der Waals surface area (Å²) in [7, 11) is 1.48. The number of hydrogen-bond donors (Lipinski definition) is 1. The zero-order chi connectivity index (χ0) is 15.1. The number of ether oxygens (including phenoxy) is 1. The summed E-state index contributed by atoms with van der Waals surface area (Å²) < 4.78 is 5.17. The molecule has 0 fully saturated rings. The summed E-state index contributed by atoms with van der Waals surface area (Å²) in [5, 5.41) is 18.9. The van der Waals surface area contributed by atoms with E-state index in [4.69, 9.17) is 9.84 Å². The molecule has 1 rings (SSSR count). The number of nitrogens with zero attached hydrogens (tertiary/aromatic N) is 2. The number of carboxylic acids is 1. The molecule has 0 saturated carbocycles. The van der Waals surface area contributed by atoms with Crippen molar-refractivity contribution in [1.82, 2.24) is 4.90 Å². The summed E-state index contributed by atoms with van der Waals surface area (Å²) in [5.74, 6) is -1.03. The summed E-state index contributed by atoms with van der Waals surface area (Å²) >= 11 is 0. The quantitative estimate of drug-likeness (QED) is 0.587. The summed E-state index contributed by atoms with van der Waals surface area (Å²) in [6, 6.07) is 5.33. The summed E-state index contributed by atoms with van der Waals surface area (Å²) in [6.07, 6.45) is -0.139. The molecule has 0 spiro atoms. The number of aliphatic carboxylic acids is 1. The van der Waals surface area contributed by atoms with Gasteiger partial charge in [0, 0.05) is 25.7 Å². The predicted octanol–water partition coefficient (Wildman–Crippen LogP) is 0.907. The Hall–Kier alpha value is -2.64. The molecule has 1 amide bonds. The van der Waals surface area contributed by atoms with Crippen LogP contribution < -0.4 is 4.74 Å². The third kappa shape index (κ3) is 4.92. The van der Waals surface area contributed by atoms with Gasteiger partial charge >= 0.3 is 5.97 Å². The van der Waals surface area contributed by atoms with E-state index in [2.05, 4.69) is 0 Å². The van der Waals surface area contributed by atoms with Crippen molar-refractivity contribution < 1.29 is 24.4 Å². The number of carbonyl (C=O) groups is 2. The van der Waals surface area contributed by atoms with Crippen molar-refractivity contribution >= 4 is 17.6 Å². The lowest BCUT2D eigenvalue weighted by molar-refractivity contribution is -0.384. The zero-order valence-corrected chi connectivity index (χ0v) is 10.8. The van der Waals surface area contributed by atoms with Crippen LogP contribution in [0, 0.1) is 10.1 Å². The minimum Gasteiger partial charge on any atom is -0.484 e. The maximum absolute atomic E-state index is 11.6. The molecule has 0 atom stereocenters. The molecule has 1 aromatic carbocycles. The largest absolute Gasteiger partial charge is 0.484 e. The Morgan fingerprint density at radius 2 is 1.95 bits per heavy atom. The van der Waals surface area contributed by atoms with E-state index in [-0.39, 0.29) is 31.2 Å². The molecule has 0 aliphatic heterocycles. The number of nitro benzene ring substituents is 1. The minimum atomic E-state index is -0.985. The van der Waals surface area contributed by atoms with Crippen molar-refractivity contribution in [2.45, 2.75) is 6.42 Å². The van der Waals surface area contributed by atoms with Crippen LogP contribution in [0.2, 0.25) is 0 Å². The van der Waals surface area contributed by atoms with Crippen molar-refractivity contribution in [3.05, 3.63) is 34.4 Å². The average Bonchev–Trinajstić information content (AvgIpc) is 2.42. The fraction of sp³-hybridized carbons (Fsp3) is 0.333. The Balaban J connectivity index is 2.44. The smallest absolute Gasteiger partial charge is 0.305 e. The van der Waals surface area contributed by atoms with E-state index >= 15 is 0 Å². The Bertz CT molecular complexity index is 499. The van der Waals surface area contributed by atoms with E-state index in [1.165, 1.54) is 36.2 Å². The highest BCUT2D eigenvalue weighted by molar-refractivity contribution is 5.78. The Labute approximate surface area is 114 Å². The monoisotopic (exact) mass is 282 g/mol. The second-order valence-electron chi connectivity index (χ2n) is 4.00. The molecule has 8 nitrogen and oxygen atoms in total. The molecule has 20 heavy (non-hydrogen) atoms. The molecule has 0 saturated heterocycles. The number of likely N-dealkylation sites (N-methyl/N-ethyl adjacent to an activating group) is 1. The van der Waals surface area contributed by atoms with Crippen LogP contribution in [0.3, 0.4) is 0 Å². The molecule has 0 radical (unpaired) electrons. The summed E-state index contributed by atoms with van der Waals surface area (Å²) in [6.45, 7) is -0.161. The molecule has 1 N–H and O–H groups in total. The highest BCUT2D eigenvalue weighted by atomic mass is 16.6. The van der Waals surface area contributed by atoms with Gasteiger partial charge in [-0.15, -0.1) is 0 Å². The van der Waals surface area contributed by atoms with Crippen LogP contribution in [-0.2, 0) is 9.59 Å². The second kappa shape index (κ2) is 7.07. The molecule has 108 valence electrons. The van der Waals surface area contributed by atoms with Gasteiger partial charge in [0.15, 0.2) is 6.61 Å². The van der Waals surface area contributed by atoms with E-state index in [0.717, 1.165) is 0 Å². The van der Waals surface area contributed by atoms with Crippen LogP contribution in [0.25, 0.3) is 0 Å². The Kier molecular flexibility index (Phi) is 5.45. The Morgan fingerprint density at radius 1 is 1.35 bits per heavy atom. The first kappa shape index (κ1) is 15.4. The number of benzene rings is 1. The van der Waals surface area contributed by atoms with Crippen LogP contribution in [0.15, 0.2) is 24.3 Å². The lowest BCUT2D eigenvalue weighted by atomic mass is 10.3. The van der Waals surface area contributed by atoms with E-state index in [9.17, 15) is 19.7 Å². The van der Waals surface area contributed by atoms with Crippen molar-refractivity contribution in [1.29, 1.82) is 0 Å². The zero-order valence-electron chi connectivity index (χ0n) is 10.8. The molecule has 0 bridgehead atoms. The fourth-order valence-electron chi connectivity index (χ4n) is 1.31. The van der Waals surface area contributed by atoms with E-state index in [0.29, 0.717) is 5.75 Å². The van der Waals surface area contributed by atoms with Crippen LogP contribution in [0.1, 0.15) is 6.42 Å². The minimum absolute atomic E-state index is 0.0674. The molecule has 0 aliphatic rings. The van der Waals surface area contributed by atoms with E-state index in [1.54, 1.807) is 0 Å². The summed E-state index contributed by atoms with van der Waals surface area (Å²) in [5.41, 5.74) is -0.0674. The van der Waals surface area contributed by atoms with E-state index < -0.39 is 10.9 Å². The molecule has 0 aromatic heterocycles. The van der Waals surface area contributed by atoms with Gasteiger partial charge in [-0.2, -0.15) is 0 Å². The van der Waals surface area contributed by atoms with Gasteiger partial charge in [-0.1, -0.05) is 0 Å². The number of carbonyl (C=O) groups excluding carboxylic acids is 1. The van der Waals surface area contributed by atoms with Crippen LogP contribution in [0.4, 0.5) is 5.69 Å². The van der Waals surface area contributed by atoms with E-state index in [1.807, 2.05) is 0 Å². The maximum Gasteiger partial charge on any atom is 0.305 e. The highest BCUT2D eigenvalue weighted by Gasteiger charge is 2.11. The SMILES string of the molecule is CN(CCC(=O)O)C(=O)COc1ccc([N+](=O)[O-])cc1. The van der Waals surface area contributed by atoms with Gasteiger partial charge in [0.2, 0.25) is 0 Å². The van der Waals surface area contributed by atoms with Crippen molar-refractivity contribution in [3.8, 4) is 5.75 Å². The molecule has 0 aliphatic carbocycles. The normalized spacial score (nSPS) is 9.85. The molecular weight excluding hydrogens is 268 g/mol. The number of amides is 1. The third-order valence-corrected chi connectivity index (χ3v) is 2.50. The third-order valence-electron chi connectivity index (χ3n) is 2.50. The first-order valence-electron chi connectivity index (χ1n) is 5.73. The van der Waals surface area contributed by atoms with Crippen molar-refractivity contribution in [3.63, 3.8) is 0 Å². The maximum atomic E-state index is 11.6. The Morgan fingerprint density at radius 3 is 2.45 bits per heavy atom. The lowest BCUT2D eigenvalue weighted by Crippen LogP contribution is -2.33. The van der Waals surface area contributed by atoms with Gasteiger partial charge in [0.1, 0.15) is 5.75 Å². The van der Waals surface area contributed by atoms with Gasteiger partial charge < -0.3 is 14.7 Å². The van der Waals surface area contributed by atoms with Crippen LogP contribution in [0.5, 0.6) is 5.75 Å². The van der Waals surface area contributed by atoms with Gasteiger partial charge in [-0.25, -0.2) is 0 Å². The number of rotatable bonds is 7. The van der Waals surface area contributed by atoms with Gasteiger partial charge in [-0.05, 0) is 12.1 Å². The topological polar surface area (TPSA) is 110 Å². The first-order valence-corrected chi connectivity index (χ1v) is 5.73.